The highest BCUT2D eigenvalue weighted by Crippen LogP contribution is 2.23. The zero-order chi connectivity index (χ0) is 21.4. The first-order chi connectivity index (χ1) is 15.1. The van der Waals surface area contributed by atoms with Gasteiger partial charge in [0.1, 0.15) is 12.1 Å². The van der Waals surface area contributed by atoms with Gasteiger partial charge in [-0.1, -0.05) is 29.8 Å². The number of halogens is 1. The van der Waals surface area contributed by atoms with Crippen LogP contribution in [0.4, 0.5) is 5.82 Å². The molecule has 1 aliphatic rings. The number of carbonyl (C=O) groups excluding carboxylic acids is 1. The second kappa shape index (κ2) is 7.99. The Kier molecular flexibility index (Phi) is 5.03. The van der Waals surface area contributed by atoms with Crippen LogP contribution in [0.3, 0.4) is 0 Å². The Labute approximate surface area is 183 Å². The Morgan fingerprint density at radius 2 is 1.87 bits per heavy atom. The van der Waals surface area contributed by atoms with Crippen molar-refractivity contribution in [1.29, 1.82) is 0 Å². The lowest BCUT2D eigenvalue weighted by Gasteiger charge is -2.35. The Bertz CT molecular complexity index is 1240. The zero-order valence-corrected chi connectivity index (χ0v) is 17.8. The van der Waals surface area contributed by atoms with Crippen LogP contribution >= 0.6 is 11.6 Å². The molecule has 1 saturated heterocycles. The fourth-order valence-electron chi connectivity index (χ4n) is 3.87. The molecular formula is C21H21ClN8O. The highest BCUT2D eigenvalue weighted by Gasteiger charge is 2.25. The van der Waals surface area contributed by atoms with Gasteiger partial charge in [0.05, 0.1) is 29.9 Å². The van der Waals surface area contributed by atoms with Gasteiger partial charge in [0.25, 0.3) is 5.91 Å². The predicted octanol–water partition coefficient (Wildman–Crippen LogP) is 2.22. The molecule has 10 heteroatoms. The van der Waals surface area contributed by atoms with E-state index in [0.717, 1.165) is 22.4 Å². The third-order valence-electron chi connectivity index (χ3n) is 5.55. The SMILES string of the molecule is Cn1ncc2c(N3CCN(C(=O)c4cnn(Cc5ccccc5Cl)c4)CC3)ncnc21. The van der Waals surface area contributed by atoms with Gasteiger partial charge < -0.3 is 9.80 Å². The largest absolute Gasteiger partial charge is 0.352 e. The number of piperazine rings is 1. The smallest absolute Gasteiger partial charge is 0.257 e. The molecule has 1 fully saturated rings. The van der Waals surface area contributed by atoms with E-state index in [0.29, 0.717) is 43.3 Å². The van der Waals surface area contributed by atoms with Crippen LogP contribution in [-0.4, -0.2) is 66.5 Å². The summed E-state index contributed by atoms with van der Waals surface area (Å²) in [5, 5.41) is 10.2. The van der Waals surface area contributed by atoms with E-state index in [1.54, 1.807) is 34.3 Å². The number of rotatable bonds is 4. The van der Waals surface area contributed by atoms with Crippen molar-refractivity contribution in [2.75, 3.05) is 31.1 Å². The molecule has 4 aromatic rings. The maximum atomic E-state index is 13.0. The molecule has 1 aliphatic heterocycles. The molecule has 0 saturated carbocycles. The normalized spacial score (nSPS) is 14.4. The van der Waals surface area contributed by atoms with E-state index >= 15 is 0 Å². The molecule has 0 unspecified atom stereocenters. The van der Waals surface area contributed by atoms with Crippen LogP contribution in [-0.2, 0) is 13.6 Å². The molecule has 0 N–H and O–H groups in total. The van der Waals surface area contributed by atoms with E-state index in [1.165, 1.54) is 0 Å². The lowest BCUT2D eigenvalue weighted by Crippen LogP contribution is -2.49. The maximum absolute atomic E-state index is 13.0. The third kappa shape index (κ3) is 3.72. The van der Waals surface area contributed by atoms with Crippen LogP contribution in [0, 0.1) is 0 Å². The summed E-state index contributed by atoms with van der Waals surface area (Å²) < 4.78 is 3.48. The molecule has 9 nitrogen and oxygen atoms in total. The number of hydrogen-bond acceptors (Lipinski definition) is 6. The number of aryl methyl sites for hydroxylation is 1. The van der Waals surface area contributed by atoms with Crippen molar-refractivity contribution in [3.63, 3.8) is 0 Å². The number of nitrogens with zero attached hydrogens (tertiary/aromatic N) is 8. The third-order valence-corrected chi connectivity index (χ3v) is 5.91. The van der Waals surface area contributed by atoms with Crippen LogP contribution in [0.2, 0.25) is 5.02 Å². The van der Waals surface area contributed by atoms with Crippen LogP contribution in [0.5, 0.6) is 0 Å². The van der Waals surface area contributed by atoms with E-state index in [1.807, 2.05) is 36.2 Å². The molecule has 31 heavy (non-hydrogen) atoms. The summed E-state index contributed by atoms with van der Waals surface area (Å²) in [6.07, 6.45) is 6.75. The average molecular weight is 437 g/mol. The van der Waals surface area contributed by atoms with Gasteiger partial charge in [0.2, 0.25) is 0 Å². The van der Waals surface area contributed by atoms with Crippen molar-refractivity contribution in [1.82, 2.24) is 34.4 Å². The van der Waals surface area contributed by atoms with Gasteiger partial charge in [-0.25, -0.2) is 9.97 Å². The van der Waals surface area contributed by atoms with Gasteiger partial charge in [-0.2, -0.15) is 10.2 Å². The number of amides is 1. The lowest BCUT2D eigenvalue weighted by molar-refractivity contribution is 0.0746. The molecule has 1 amide bonds. The molecule has 1 aromatic carbocycles. The summed E-state index contributed by atoms with van der Waals surface area (Å²) in [6.45, 7) is 3.14. The molecule has 3 aromatic heterocycles. The molecular weight excluding hydrogens is 416 g/mol. The van der Waals surface area contributed by atoms with Gasteiger partial charge in [-0.3, -0.25) is 14.2 Å². The molecule has 0 radical (unpaired) electrons. The van der Waals surface area contributed by atoms with Crippen molar-refractivity contribution in [3.05, 3.63) is 65.3 Å². The summed E-state index contributed by atoms with van der Waals surface area (Å²) in [5.74, 6) is 0.844. The summed E-state index contributed by atoms with van der Waals surface area (Å²) in [4.78, 5) is 25.8. The first kappa shape index (κ1) is 19.5. The Morgan fingerprint density at radius 1 is 1.06 bits per heavy atom. The quantitative estimate of drug-likeness (QED) is 0.487. The number of carbonyl (C=O) groups is 1. The fraction of sp³-hybridized carbons (Fsp3) is 0.286. The highest BCUT2D eigenvalue weighted by atomic mass is 35.5. The minimum atomic E-state index is -0.0146. The Balaban J connectivity index is 1.25. The molecule has 0 aliphatic carbocycles. The lowest BCUT2D eigenvalue weighted by atomic mass is 10.2. The number of anilines is 1. The monoisotopic (exact) mass is 436 g/mol. The van der Waals surface area contributed by atoms with E-state index in [9.17, 15) is 4.79 Å². The van der Waals surface area contributed by atoms with Gasteiger partial charge in [-0.05, 0) is 11.6 Å². The van der Waals surface area contributed by atoms with Crippen LogP contribution in [0.1, 0.15) is 15.9 Å². The molecule has 5 rings (SSSR count). The zero-order valence-electron chi connectivity index (χ0n) is 17.0. The number of benzene rings is 1. The second-order valence-electron chi connectivity index (χ2n) is 7.50. The molecule has 0 atom stereocenters. The number of hydrogen-bond donors (Lipinski definition) is 0. The molecule has 0 spiro atoms. The average Bonchev–Trinajstić information content (AvgIpc) is 3.42. The minimum Gasteiger partial charge on any atom is -0.352 e. The number of fused-ring (bicyclic) bond motifs is 1. The first-order valence-corrected chi connectivity index (χ1v) is 10.4. The summed E-state index contributed by atoms with van der Waals surface area (Å²) in [7, 11) is 1.86. The topological polar surface area (TPSA) is 85.0 Å². The predicted molar refractivity (Wildman–Crippen MR) is 117 cm³/mol. The van der Waals surface area contributed by atoms with E-state index in [2.05, 4.69) is 25.1 Å². The summed E-state index contributed by atoms with van der Waals surface area (Å²) in [5.41, 5.74) is 2.35. The van der Waals surface area contributed by atoms with Crippen molar-refractivity contribution in [2.24, 2.45) is 7.05 Å². The first-order valence-electron chi connectivity index (χ1n) is 10.0. The maximum Gasteiger partial charge on any atom is 0.257 e. The van der Waals surface area contributed by atoms with Gasteiger partial charge in [0.15, 0.2) is 5.65 Å². The Morgan fingerprint density at radius 3 is 2.68 bits per heavy atom. The van der Waals surface area contributed by atoms with Crippen molar-refractivity contribution in [2.45, 2.75) is 6.54 Å². The molecule has 4 heterocycles. The van der Waals surface area contributed by atoms with Crippen LogP contribution < -0.4 is 4.90 Å². The highest BCUT2D eigenvalue weighted by molar-refractivity contribution is 6.31. The van der Waals surface area contributed by atoms with Gasteiger partial charge in [0, 0.05) is 44.4 Å². The summed E-state index contributed by atoms with van der Waals surface area (Å²) >= 11 is 6.23. The van der Waals surface area contributed by atoms with E-state index in [-0.39, 0.29) is 5.91 Å². The summed E-state index contributed by atoms with van der Waals surface area (Å²) in [6, 6.07) is 7.64. The van der Waals surface area contributed by atoms with E-state index < -0.39 is 0 Å². The van der Waals surface area contributed by atoms with Crippen LogP contribution in [0.25, 0.3) is 11.0 Å². The Hall–Kier alpha value is -3.46. The fourth-order valence-corrected chi connectivity index (χ4v) is 4.06. The van der Waals surface area contributed by atoms with Crippen molar-refractivity contribution in [3.8, 4) is 0 Å². The van der Waals surface area contributed by atoms with Gasteiger partial charge in [-0.15, -0.1) is 0 Å². The standard InChI is InChI=1S/C21H21ClN8O/c1-27-19-17(11-25-27)20(24-14-23-19)28-6-8-29(9-7-28)21(31)16-10-26-30(13-16)12-15-4-2-3-5-18(15)22/h2-5,10-11,13-14H,6-9,12H2,1H3. The van der Waals surface area contributed by atoms with Crippen molar-refractivity contribution >= 4 is 34.4 Å². The van der Waals surface area contributed by atoms with Crippen LogP contribution in [0.15, 0.2) is 49.2 Å². The second-order valence-corrected chi connectivity index (χ2v) is 7.91. The molecule has 0 bridgehead atoms. The minimum absolute atomic E-state index is 0.0146. The number of aromatic nitrogens is 6. The van der Waals surface area contributed by atoms with Gasteiger partial charge >= 0.3 is 0 Å². The van der Waals surface area contributed by atoms with E-state index in [4.69, 9.17) is 11.6 Å². The van der Waals surface area contributed by atoms with Crippen molar-refractivity contribution < 1.29 is 4.79 Å². The molecule has 158 valence electrons.